The highest BCUT2D eigenvalue weighted by atomic mass is 19.1. The van der Waals surface area contributed by atoms with Gasteiger partial charge in [-0.1, -0.05) is 0 Å². The van der Waals surface area contributed by atoms with Crippen LogP contribution in [0, 0.1) is 5.82 Å². The van der Waals surface area contributed by atoms with Gasteiger partial charge in [0.05, 0.1) is 18.8 Å². The number of pyridine rings is 1. The number of nitrogens with one attached hydrogen (secondary N) is 3. The summed E-state index contributed by atoms with van der Waals surface area (Å²) in [5.41, 5.74) is 3.89. The van der Waals surface area contributed by atoms with E-state index in [2.05, 4.69) is 30.6 Å². The lowest BCUT2D eigenvalue weighted by Gasteiger charge is -2.13. The molecule has 0 amide bonds. The van der Waals surface area contributed by atoms with Gasteiger partial charge in [0.15, 0.2) is 17.2 Å². The van der Waals surface area contributed by atoms with Crippen molar-refractivity contribution in [3.8, 4) is 16.9 Å². The van der Waals surface area contributed by atoms with Crippen LogP contribution in [0.1, 0.15) is 0 Å². The molecule has 9 nitrogen and oxygen atoms in total. The maximum Gasteiger partial charge on any atom is 0.417 e. The minimum Gasteiger partial charge on any atom is -0.496 e. The van der Waals surface area contributed by atoms with Gasteiger partial charge in [0, 0.05) is 29.3 Å². The van der Waals surface area contributed by atoms with Crippen molar-refractivity contribution < 1.29 is 13.5 Å². The number of anilines is 4. The lowest BCUT2D eigenvalue weighted by atomic mass is 10.1. The molecule has 0 atom stereocenters. The van der Waals surface area contributed by atoms with Crippen LogP contribution in [0.4, 0.5) is 27.5 Å². The third-order valence-electron chi connectivity index (χ3n) is 4.87. The van der Waals surface area contributed by atoms with E-state index < -0.39 is 11.6 Å². The summed E-state index contributed by atoms with van der Waals surface area (Å²) in [5, 5.41) is 5.99. The third-order valence-corrected chi connectivity index (χ3v) is 4.87. The van der Waals surface area contributed by atoms with Crippen LogP contribution in [0.3, 0.4) is 0 Å². The minimum atomic E-state index is -0.631. The summed E-state index contributed by atoms with van der Waals surface area (Å²) in [6.07, 6.45) is 4.47. The SMILES string of the molecule is COc1ccc(Nc2ncc(F)c(Nc3ccc4oc(=O)[nH]c4c3)n2)cc1-c1ccncc1. The summed E-state index contributed by atoms with van der Waals surface area (Å²) in [6, 6.07) is 14.2. The number of hydrogen-bond donors (Lipinski definition) is 3. The van der Waals surface area contributed by atoms with Gasteiger partial charge in [-0.2, -0.15) is 4.98 Å². The largest absolute Gasteiger partial charge is 0.496 e. The smallest absolute Gasteiger partial charge is 0.417 e. The molecule has 0 aliphatic rings. The number of ether oxygens (including phenoxy) is 1. The van der Waals surface area contributed by atoms with Crippen LogP contribution in [0.15, 0.2) is 76.3 Å². The van der Waals surface area contributed by atoms with Crippen molar-refractivity contribution in [3.05, 3.63) is 83.5 Å². The average Bonchev–Trinajstić information content (AvgIpc) is 3.21. The number of aromatic nitrogens is 4. The van der Waals surface area contributed by atoms with Crippen molar-refractivity contribution >= 4 is 34.2 Å². The third kappa shape index (κ3) is 4.22. The molecule has 0 aliphatic carbocycles. The fourth-order valence-electron chi connectivity index (χ4n) is 3.35. The summed E-state index contributed by atoms with van der Waals surface area (Å²) in [6.45, 7) is 0. The summed E-state index contributed by atoms with van der Waals surface area (Å²) in [5.74, 6) is -0.328. The number of H-pyrrole nitrogens is 1. The molecule has 5 aromatic rings. The van der Waals surface area contributed by atoms with Gasteiger partial charge < -0.3 is 19.8 Å². The zero-order valence-electron chi connectivity index (χ0n) is 17.3. The molecule has 2 aromatic carbocycles. The van der Waals surface area contributed by atoms with E-state index in [-0.39, 0.29) is 11.8 Å². The Kier molecular flexibility index (Phi) is 5.15. The van der Waals surface area contributed by atoms with E-state index in [0.29, 0.717) is 28.2 Å². The van der Waals surface area contributed by atoms with Gasteiger partial charge in [-0.05, 0) is 54.1 Å². The number of halogens is 1. The molecule has 164 valence electrons. The molecule has 3 heterocycles. The molecule has 0 radical (unpaired) electrons. The Bertz CT molecular complexity index is 1500. The number of benzene rings is 2. The lowest BCUT2D eigenvalue weighted by molar-refractivity contribution is 0.416. The van der Waals surface area contributed by atoms with Gasteiger partial charge >= 0.3 is 5.76 Å². The van der Waals surface area contributed by atoms with Crippen LogP contribution in [-0.4, -0.2) is 27.0 Å². The highest BCUT2D eigenvalue weighted by Gasteiger charge is 2.11. The monoisotopic (exact) mass is 444 g/mol. The highest BCUT2D eigenvalue weighted by molar-refractivity contribution is 5.78. The standard InChI is InChI=1S/C23H17FN6O3/c1-32-19-4-2-14(10-16(19)13-6-8-25-9-7-13)28-22-26-12-17(24)21(30-22)27-15-3-5-20-18(11-15)29-23(31)33-20/h2-12H,1H3,(H,29,31)(H2,26,27,28,30). The maximum absolute atomic E-state index is 14.4. The Morgan fingerprint density at radius 2 is 1.82 bits per heavy atom. The van der Waals surface area contributed by atoms with E-state index in [1.807, 2.05) is 30.3 Å². The lowest BCUT2D eigenvalue weighted by Crippen LogP contribution is -2.03. The topological polar surface area (TPSA) is 118 Å². The van der Waals surface area contributed by atoms with Crippen LogP contribution in [0.2, 0.25) is 0 Å². The molecule has 0 fully saturated rings. The molecule has 3 aromatic heterocycles. The summed E-state index contributed by atoms with van der Waals surface area (Å²) in [7, 11) is 1.60. The van der Waals surface area contributed by atoms with Gasteiger partial charge in [0.1, 0.15) is 5.75 Å². The zero-order chi connectivity index (χ0) is 22.8. The molecule has 5 rings (SSSR count). The van der Waals surface area contributed by atoms with E-state index in [1.165, 1.54) is 0 Å². The molecule has 0 spiro atoms. The van der Waals surface area contributed by atoms with Crippen molar-refractivity contribution in [1.29, 1.82) is 0 Å². The molecule has 33 heavy (non-hydrogen) atoms. The first-order valence-electron chi connectivity index (χ1n) is 9.87. The molecule has 3 N–H and O–H groups in total. The first kappa shape index (κ1) is 20.2. The van der Waals surface area contributed by atoms with Crippen molar-refractivity contribution in [2.24, 2.45) is 0 Å². The molecule has 0 unspecified atom stereocenters. The molecule has 0 aliphatic heterocycles. The van der Waals surface area contributed by atoms with Gasteiger partial charge in [0.25, 0.3) is 0 Å². The van der Waals surface area contributed by atoms with Gasteiger partial charge in [-0.15, -0.1) is 0 Å². The number of aromatic amines is 1. The Morgan fingerprint density at radius 1 is 1.03 bits per heavy atom. The number of nitrogens with zero attached hydrogens (tertiary/aromatic N) is 3. The summed E-state index contributed by atoms with van der Waals surface area (Å²) in [4.78, 5) is 26.2. The number of rotatable bonds is 6. The molecular formula is C23H17FN6O3. The second-order valence-corrected chi connectivity index (χ2v) is 7.02. The first-order chi connectivity index (χ1) is 16.1. The molecule has 0 saturated heterocycles. The number of hydrogen-bond acceptors (Lipinski definition) is 8. The van der Waals surface area contributed by atoms with Gasteiger partial charge in [-0.3, -0.25) is 9.97 Å². The van der Waals surface area contributed by atoms with Crippen molar-refractivity contribution in [1.82, 2.24) is 19.9 Å². The Labute approximate surface area is 186 Å². The van der Waals surface area contributed by atoms with Crippen LogP contribution >= 0.6 is 0 Å². The zero-order valence-corrected chi connectivity index (χ0v) is 17.3. The fraction of sp³-hybridized carbons (Fsp3) is 0.0435. The van der Waals surface area contributed by atoms with Crippen LogP contribution in [-0.2, 0) is 0 Å². The molecular weight excluding hydrogens is 427 g/mol. The number of fused-ring (bicyclic) bond motifs is 1. The van der Waals surface area contributed by atoms with E-state index >= 15 is 0 Å². The number of methoxy groups -OCH3 is 1. The fourth-order valence-corrected chi connectivity index (χ4v) is 3.35. The second-order valence-electron chi connectivity index (χ2n) is 7.02. The average molecular weight is 444 g/mol. The molecule has 0 bridgehead atoms. The van der Waals surface area contributed by atoms with Crippen molar-refractivity contribution in [2.75, 3.05) is 17.7 Å². The normalized spacial score (nSPS) is 10.8. The van der Waals surface area contributed by atoms with Gasteiger partial charge in [0.2, 0.25) is 5.95 Å². The second kappa shape index (κ2) is 8.42. The van der Waals surface area contributed by atoms with Crippen molar-refractivity contribution in [3.63, 3.8) is 0 Å². The van der Waals surface area contributed by atoms with E-state index in [4.69, 9.17) is 9.15 Å². The molecule has 0 saturated carbocycles. The minimum absolute atomic E-state index is 0.0273. The highest BCUT2D eigenvalue weighted by Crippen LogP contribution is 2.33. The van der Waals surface area contributed by atoms with Crippen LogP contribution in [0.5, 0.6) is 5.75 Å². The predicted octanol–water partition coefficient (Wildman–Crippen LogP) is 4.61. The van der Waals surface area contributed by atoms with E-state index in [1.54, 1.807) is 37.7 Å². The molecule has 10 heteroatoms. The van der Waals surface area contributed by atoms with Crippen molar-refractivity contribution in [2.45, 2.75) is 0 Å². The summed E-state index contributed by atoms with van der Waals surface area (Å²) < 4.78 is 24.8. The Morgan fingerprint density at radius 3 is 2.64 bits per heavy atom. The van der Waals surface area contributed by atoms with Gasteiger partial charge in [-0.25, -0.2) is 14.2 Å². The first-order valence-corrected chi connectivity index (χ1v) is 9.87. The van der Waals surface area contributed by atoms with E-state index in [0.717, 1.165) is 17.3 Å². The maximum atomic E-state index is 14.4. The number of oxazole rings is 1. The quantitative estimate of drug-likeness (QED) is 0.348. The predicted molar refractivity (Wildman–Crippen MR) is 122 cm³/mol. The Balaban J connectivity index is 1.42. The Hall–Kier alpha value is -4.73. The van der Waals surface area contributed by atoms with Crippen LogP contribution < -0.4 is 21.1 Å². The van der Waals surface area contributed by atoms with Crippen LogP contribution in [0.25, 0.3) is 22.2 Å². The van der Waals surface area contributed by atoms with E-state index in [9.17, 15) is 9.18 Å². The summed E-state index contributed by atoms with van der Waals surface area (Å²) >= 11 is 0.